The minimum Gasteiger partial charge on any atom is -0.326 e. The summed E-state index contributed by atoms with van der Waals surface area (Å²) in [4.78, 5) is 39.7. The second kappa shape index (κ2) is 10.5. The van der Waals surface area contributed by atoms with E-state index in [0.717, 1.165) is 4.90 Å². The number of nitrogens with one attached hydrogen (secondary N) is 1. The molecule has 0 bridgehead atoms. The van der Waals surface area contributed by atoms with Crippen LogP contribution in [0.25, 0.3) is 0 Å². The molecule has 0 aromatic heterocycles. The van der Waals surface area contributed by atoms with E-state index in [-0.39, 0.29) is 40.5 Å². The minimum absolute atomic E-state index is 0.137. The van der Waals surface area contributed by atoms with Crippen LogP contribution in [0.2, 0.25) is 5.02 Å². The lowest BCUT2D eigenvalue weighted by Crippen LogP contribution is -2.41. The van der Waals surface area contributed by atoms with Crippen LogP contribution in [0.3, 0.4) is 0 Å². The molecule has 0 atom stereocenters. The highest BCUT2D eigenvalue weighted by atomic mass is 79.9. The Morgan fingerprint density at radius 3 is 2.16 bits per heavy atom. The van der Waals surface area contributed by atoms with Crippen molar-refractivity contribution in [3.63, 3.8) is 0 Å². The number of anilines is 2. The molecule has 2 heterocycles. The van der Waals surface area contributed by atoms with Crippen molar-refractivity contribution in [2.45, 2.75) is 17.7 Å². The van der Waals surface area contributed by atoms with Gasteiger partial charge in [0.25, 0.3) is 11.8 Å². The van der Waals surface area contributed by atoms with Gasteiger partial charge in [0.05, 0.1) is 26.7 Å². The molecule has 2 aliphatic rings. The topological polar surface area (TPSA) is 104 Å². The molecule has 0 radical (unpaired) electrons. The van der Waals surface area contributed by atoms with Gasteiger partial charge in [-0.1, -0.05) is 39.7 Å². The Morgan fingerprint density at radius 2 is 1.55 bits per heavy atom. The van der Waals surface area contributed by atoms with Gasteiger partial charge in [0.2, 0.25) is 15.9 Å². The van der Waals surface area contributed by atoms with Crippen LogP contribution < -0.4 is 10.2 Å². The van der Waals surface area contributed by atoms with Crippen molar-refractivity contribution in [1.82, 2.24) is 4.31 Å². The molecule has 38 heavy (non-hydrogen) atoms. The van der Waals surface area contributed by atoms with Crippen LogP contribution in [0.15, 0.2) is 74.5 Å². The van der Waals surface area contributed by atoms with Gasteiger partial charge >= 0.3 is 0 Å². The van der Waals surface area contributed by atoms with E-state index in [0.29, 0.717) is 38.6 Å². The van der Waals surface area contributed by atoms with Crippen LogP contribution in [0.4, 0.5) is 11.4 Å². The first-order chi connectivity index (χ1) is 18.1. The number of carbonyl (C=O) groups excluding carboxylic acids is 3. The van der Waals surface area contributed by atoms with Crippen LogP contribution in [0.5, 0.6) is 0 Å². The Morgan fingerprint density at radius 1 is 0.921 bits per heavy atom. The maximum atomic E-state index is 13.1. The lowest BCUT2D eigenvalue weighted by atomic mass is 9.97. The maximum Gasteiger partial charge on any atom is 0.266 e. The number of sulfonamides is 1. The minimum atomic E-state index is -3.72. The number of imide groups is 1. The number of hydrogen-bond acceptors (Lipinski definition) is 5. The van der Waals surface area contributed by atoms with Crippen molar-refractivity contribution < 1.29 is 22.8 Å². The second-order valence-electron chi connectivity index (χ2n) is 8.90. The summed E-state index contributed by atoms with van der Waals surface area (Å²) in [6, 6.07) is 16.1. The van der Waals surface area contributed by atoms with Gasteiger partial charge in [0.15, 0.2) is 0 Å². The van der Waals surface area contributed by atoms with Crippen LogP contribution in [-0.2, 0) is 14.8 Å². The molecule has 1 fully saturated rings. The molecule has 3 aromatic carbocycles. The van der Waals surface area contributed by atoms with Gasteiger partial charge < -0.3 is 5.32 Å². The number of halogens is 3. The smallest absolute Gasteiger partial charge is 0.266 e. The second-order valence-corrected chi connectivity index (χ2v) is 13.0. The van der Waals surface area contributed by atoms with E-state index < -0.39 is 21.8 Å². The van der Waals surface area contributed by atoms with Gasteiger partial charge in [0.1, 0.15) is 0 Å². The number of carbonyl (C=O) groups is 3. The van der Waals surface area contributed by atoms with Crippen molar-refractivity contribution in [3.05, 3.63) is 85.8 Å². The van der Waals surface area contributed by atoms with E-state index in [1.54, 1.807) is 48.5 Å². The first-order valence-electron chi connectivity index (χ1n) is 11.6. The van der Waals surface area contributed by atoms with Gasteiger partial charge in [-0.05, 0) is 77.3 Å². The van der Waals surface area contributed by atoms with Crippen molar-refractivity contribution in [2.24, 2.45) is 5.92 Å². The zero-order chi connectivity index (χ0) is 27.2. The summed E-state index contributed by atoms with van der Waals surface area (Å²) in [5.41, 5.74) is 1.26. The summed E-state index contributed by atoms with van der Waals surface area (Å²) in [7, 11) is -3.72. The van der Waals surface area contributed by atoms with Crippen molar-refractivity contribution >= 4 is 82.6 Å². The maximum absolute atomic E-state index is 13.1. The highest BCUT2D eigenvalue weighted by Crippen LogP contribution is 2.35. The molecule has 12 heteroatoms. The monoisotopic (exact) mass is 679 g/mol. The van der Waals surface area contributed by atoms with Gasteiger partial charge in [0, 0.05) is 33.6 Å². The SMILES string of the molecule is O=C(Nc1ccc(N2C(=O)c3ccccc3C2=O)c(Cl)c1)C1CCN(S(=O)(=O)c2cc(Br)ccc2Br)CC1. The highest BCUT2D eigenvalue weighted by Gasteiger charge is 2.37. The lowest BCUT2D eigenvalue weighted by Gasteiger charge is -2.31. The van der Waals surface area contributed by atoms with Gasteiger partial charge in [-0.3, -0.25) is 14.4 Å². The fraction of sp³-hybridized carbons (Fsp3) is 0.192. The molecule has 3 amide bonds. The van der Waals surface area contributed by atoms with E-state index in [9.17, 15) is 22.8 Å². The first-order valence-corrected chi connectivity index (χ1v) is 15.0. The van der Waals surface area contributed by atoms with Crippen molar-refractivity contribution in [1.29, 1.82) is 0 Å². The number of amides is 3. The third-order valence-electron chi connectivity index (χ3n) is 6.59. The first kappa shape index (κ1) is 27.0. The molecule has 0 saturated carbocycles. The quantitative estimate of drug-likeness (QED) is 0.348. The van der Waals surface area contributed by atoms with Gasteiger partial charge in [-0.2, -0.15) is 4.31 Å². The summed E-state index contributed by atoms with van der Waals surface area (Å²) in [6.07, 6.45) is 0.717. The summed E-state index contributed by atoms with van der Waals surface area (Å²) < 4.78 is 28.8. The number of hydrogen-bond donors (Lipinski definition) is 1. The summed E-state index contributed by atoms with van der Waals surface area (Å²) in [5.74, 6) is -1.56. The van der Waals surface area contributed by atoms with E-state index >= 15 is 0 Å². The average molecular weight is 682 g/mol. The molecule has 2 aliphatic heterocycles. The van der Waals surface area contributed by atoms with Crippen molar-refractivity contribution in [2.75, 3.05) is 23.3 Å². The zero-order valence-corrected chi connectivity index (χ0v) is 24.4. The average Bonchev–Trinajstić information content (AvgIpc) is 3.15. The summed E-state index contributed by atoms with van der Waals surface area (Å²) >= 11 is 13.0. The Bertz CT molecular complexity index is 1550. The van der Waals surface area contributed by atoms with E-state index in [1.807, 2.05) is 0 Å². The van der Waals surface area contributed by atoms with Crippen LogP contribution >= 0.6 is 43.5 Å². The van der Waals surface area contributed by atoms with E-state index in [4.69, 9.17) is 11.6 Å². The largest absolute Gasteiger partial charge is 0.326 e. The number of rotatable bonds is 5. The predicted octanol–water partition coefficient (Wildman–Crippen LogP) is 5.71. The zero-order valence-electron chi connectivity index (χ0n) is 19.7. The fourth-order valence-corrected chi connectivity index (χ4v) is 7.79. The molecule has 8 nitrogen and oxygen atoms in total. The van der Waals surface area contributed by atoms with Crippen molar-refractivity contribution in [3.8, 4) is 0 Å². The Balaban J connectivity index is 1.24. The predicted molar refractivity (Wildman–Crippen MR) is 151 cm³/mol. The number of nitrogens with zero attached hydrogens (tertiary/aromatic N) is 2. The molecule has 196 valence electrons. The van der Waals surface area contributed by atoms with Crippen LogP contribution in [0, 0.1) is 5.92 Å². The molecule has 0 spiro atoms. The normalized spacial score (nSPS) is 16.6. The molecular formula is C26H20Br2ClN3O5S. The third kappa shape index (κ3) is 4.93. The molecule has 3 aromatic rings. The Kier molecular flexibility index (Phi) is 7.49. The lowest BCUT2D eigenvalue weighted by molar-refractivity contribution is -0.120. The molecule has 5 rings (SSSR count). The number of piperidine rings is 1. The number of benzene rings is 3. The summed E-state index contributed by atoms with van der Waals surface area (Å²) in [5, 5.41) is 2.96. The van der Waals surface area contributed by atoms with Crippen LogP contribution in [0.1, 0.15) is 33.6 Å². The summed E-state index contributed by atoms with van der Waals surface area (Å²) in [6.45, 7) is 0.414. The van der Waals surface area contributed by atoms with Crippen LogP contribution in [-0.4, -0.2) is 43.5 Å². The van der Waals surface area contributed by atoms with Gasteiger partial charge in [-0.15, -0.1) is 0 Å². The van der Waals surface area contributed by atoms with E-state index in [1.165, 1.54) is 16.4 Å². The van der Waals surface area contributed by atoms with Gasteiger partial charge in [-0.25, -0.2) is 13.3 Å². The Labute approximate surface area is 241 Å². The third-order valence-corrected chi connectivity index (χ3v) is 10.3. The fourth-order valence-electron chi connectivity index (χ4n) is 4.59. The Hall–Kier alpha value is -2.57. The molecule has 1 saturated heterocycles. The van der Waals surface area contributed by atoms with E-state index in [2.05, 4.69) is 37.2 Å². The molecular weight excluding hydrogens is 662 g/mol. The molecule has 0 unspecified atom stereocenters. The molecule has 1 N–H and O–H groups in total. The number of fused-ring (bicyclic) bond motifs is 1. The highest BCUT2D eigenvalue weighted by molar-refractivity contribution is 9.11. The molecule has 0 aliphatic carbocycles. The standard InChI is InChI=1S/C26H20Br2ClN3O5S/c27-16-5-7-20(28)23(13-16)38(36,37)31-11-9-15(10-12-31)24(33)30-17-6-8-22(21(29)14-17)32-25(34)18-3-1-2-4-19(18)26(32)35/h1-8,13-15H,9-12H2,(H,30,33).